The molecule has 0 saturated heterocycles. The zero-order valence-electron chi connectivity index (χ0n) is 13.5. The zero-order chi connectivity index (χ0) is 18.4. The molecule has 0 unspecified atom stereocenters. The minimum absolute atomic E-state index is 0.0830. The predicted octanol–water partition coefficient (Wildman–Crippen LogP) is 3.01. The summed E-state index contributed by atoms with van der Waals surface area (Å²) in [5.41, 5.74) is 8.33. The standard InChI is InChI=1S/C21H12N2O3/c22-10-16(21(23)26)18-13-7-3-4-8-14(13)20(25)19(18)15-9-17(24)12-6-2-1-5-11(12)15/h1-9,25H,(H2,23,26)/b18-16-. The smallest absolute Gasteiger partial charge is 0.260 e. The van der Waals surface area contributed by atoms with Crippen molar-refractivity contribution in [2.24, 2.45) is 5.73 Å². The van der Waals surface area contributed by atoms with Crippen LogP contribution in [0.3, 0.4) is 0 Å². The Morgan fingerprint density at radius 2 is 1.54 bits per heavy atom. The minimum atomic E-state index is -0.886. The fraction of sp³-hybridized carbons (Fsp3) is 0. The van der Waals surface area contributed by atoms with E-state index in [4.69, 9.17) is 5.73 Å². The van der Waals surface area contributed by atoms with Crippen LogP contribution in [0.15, 0.2) is 65.8 Å². The van der Waals surface area contributed by atoms with Crippen molar-refractivity contribution in [3.63, 3.8) is 0 Å². The quantitative estimate of drug-likeness (QED) is 0.647. The molecule has 2 aromatic rings. The Morgan fingerprint density at radius 1 is 0.962 bits per heavy atom. The summed E-state index contributed by atoms with van der Waals surface area (Å²) in [5.74, 6) is -1.16. The lowest BCUT2D eigenvalue weighted by molar-refractivity contribution is -0.114. The number of nitriles is 1. The number of aliphatic hydroxyl groups excluding tert-OH is 1. The molecule has 2 aromatic carbocycles. The number of rotatable bonds is 2. The van der Waals surface area contributed by atoms with E-state index in [1.807, 2.05) is 6.07 Å². The molecule has 0 bridgehead atoms. The zero-order valence-corrected chi connectivity index (χ0v) is 13.5. The Hall–Kier alpha value is -3.91. The lowest BCUT2D eigenvalue weighted by Crippen LogP contribution is -2.15. The number of carbonyl (C=O) groups is 2. The molecule has 0 atom stereocenters. The van der Waals surface area contributed by atoms with E-state index in [0.717, 1.165) is 0 Å². The molecule has 2 aliphatic carbocycles. The fourth-order valence-corrected chi connectivity index (χ4v) is 3.48. The third kappa shape index (κ3) is 2.03. The van der Waals surface area contributed by atoms with Crippen LogP contribution in [0.5, 0.6) is 0 Å². The molecule has 5 heteroatoms. The van der Waals surface area contributed by atoms with Crippen molar-refractivity contribution in [2.45, 2.75) is 0 Å². The van der Waals surface area contributed by atoms with E-state index in [2.05, 4.69) is 0 Å². The summed E-state index contributed by atoms with van der Waals surface area (Å²) < 4.78 is 0. The normalized spacial score (nSPS) is 16.7. The van der Waals surface area contributed by atoms with Crippen molar-refractivity contribution < 1.29 is 14.7 Å². The van der Waals surface area contributed by atoms with Gasteiger partial charge in [0.2, 0.25) is 0 Å². The number of hydrogen-bond donors (Lipinski definition) is 2. The molecule has 4 rings (SSSR count). The Labute approximate surface area is 149 Å². The van der Waals surface area contributed by atoms with Crippen LogP contribution >= 0.6 is 0 Å². The molecule has 1 amide bonds. The van der Waals surface area contributed by atoms with Crippen molar-refractivity contribution in [3.05, 3.63) is 88.0 Å². The van der Waals surface area contributed by atoms with Crippen LogP contribution in [0.1, 0.15) is 27.0 Å². The molecule has 0 radical (unpaired) electrons. The van der Waals surface area contributed by atoms with Crippen molar-refractivity contribution in [1.29, 1.82) is 5.26 Å². The monoisotopic (exact) mass is 340 g/mol. The van der Waals surface area contributed by atoms with Gasteiger partial charge in [-0.1, -0.05) is 48.5 Å². The van der Waals surface area contributed by atoms with Crippen LogP contribution in [-0.4, -0.2) is 16.8 Å². The van der Waals surface area contributed by atoms with Crippen LogP contribution in [0.2, 0.25) is 0 Å². The fourth-order valence-electron chi connectivity index (χ4n) is 3.48. The van der Waals surface area contributed by atoms with E-state index in [0.29, 0.717) is 27.8 Å². The Bertz CT molecular complexity index is 1140. The first-order valence-electron chi connectivity index (χ1n) is 7.88. The summed E-state index contributed by atoms with van der Waals surface area (Å²) in [7, 11) is 0. The highest BCUT2D eigenvalue weighted by molar-refractivity contribution is 6.26. The number of allylic oxidation sites excluding steroid dienone is 4. The number of nitrogens with zero attached hydrogens (tertiary/aromatic N) is 1. The molecular formula is C21H12N2O3. The number of ketones is 1. The van der Waals surface area contributed by atoms with Gasteiger partial charge >= 0.3 is 0 Å². The van der Waals surface area contributed by atoms with Gasteiger partial charge < -0.3 is 10.8 Å². The molecule has 26 heavy (non-hydrogen) atoms. The van der Waals surface area contributed by atoms with E-state index in [-0.39, 0.29) is 28.3 Å². The van der Waals surface area contributed by atoms with Gasteiger partial charge in [-0.25, -0.2) is 0 Å². The van der Waals surface area contributed by atoms with Crippen molar-refractivity contribution in [2.75, 3.05) is 0 Å². The van der Waals surface area contributed by atoms with E-state index >= 15 is 0 Å². The summed E-state index contributed by atoms with van der Waals surface area (Å²) in [6.45, 7) is 0. The van der Waals surface area contributed by atoms with Crippen LogP contribution in [0.4, 0.5) is 0 Å². The second kappa shape index (κ2) is 5.57. The number of hydrogen-bond acceptors (Lipinski definition) is 4. The van der Waals surface area contributed by atoms with Crippen LogP contribution in [-0.2, 0) is 4.79 Å². The van der Waals surface area contributed by atoms with Gasteiger partial charge in [-0.2, -0.15) is 5.26 Å². The van der Waals surface area contributed by atoms with Gasteiger partial charge in [0.1, 0.15) is 17.4 Å². The molecule has 0 fully saturated rings. The number of fused-ring (bicyclic) bond motifs is 2. The van der Waals surface area contributed by atoms with Gasteiger partial charge in [-0.05, 0) is 22.8 Å². The van der Waals surface area contributed by atoms with E-state index in [1.165, 1.54) is 6.08 Å². The van der Waals surface area contributed by atoms with Gasteiger partial charge in [0, 0.05) is 22.3 Å². The maximum atomic E-state index is 12.3. The summed E-state index contributed by atoms with van der Waals surface area (Å²) in [4.78, 5) is 24.2. The molecule has 0 saturated carbocycles. The highest BCUT2D eigenvalue weighted by Crippen LogP contribution is 2.49. The van der Waals surface area contributed by atoms with E-state index < -0.39 is 5.91 Å². The average Bonchev–Trinajstić information content (AvgIpc) is 3.12. The highest BCUT2D eigenvalue weighted by Gasteiger charge is 2.35. The molecule has 0 spiro atoms. The summed E-state index contributed by atoms with van der Waals surface area (Å²) in [6, 6.07) is 15.7. The Kier molecular flexibility index (Phi) is 3.34. The number of aliphatic hydroxyl groups is 1. The first-order chi connectivity index (χ1) is 12.5. The van der Waals surface area contributed by atoms with Crippen LogP contribution in [0.25, 0.3) is 16.9 Å². The molecule has 124 valence electrons. The number of primary amides is 1. The molecule has 0 heterocycles. The van der Waals surface area contributed by atoms with E-state index in [9.17, 15) is 20.0 Å². The van der Waals surface area contributed by atoms with Crippen LogP contribution in [0, 0.1) is 11.3 Å². The number of nitrogens with two attached hydrogens (primary N) is 1. The van der Waals surface area contributed by atoms with E-state index in [1.54, 1.807) is 48.5 Å². The topological polar surface area (TPSA) is 104 Å². The molecular weight excluding hydrogens is 328 g/mol. The molecule has 2 aliphatic rings. The van der Waals surface area contributed by atoms with Crippen molar-refractivity contribution in [1.82, 2.24) is 0 Å². The number of carbonyl (C=O) groups excluding carboxylic acids is 2. The second-order valence-corrected chi connectivity index (χ2v) is 5.96. The third-order valence-corrected chi connectivity index (χ3v) is 4.57. The van der Waals surface area contributed by atoms with Crippen molar-refractivity contribution >= 4 is 28.6 Å². The molecule has 3 N–H and O–H groups in total. The molecule has 0 aromatic heterocycles. The average molecular weight is 340 g/mol. The van der Waals surface area contributed by atoms with Gasteiger partial charge in [0.25, 0.3) is 5.91 Å². The van der Waals surface area contributed by atoms with Crippen LogP contribution < -0.4 is 5.73 Å². The van der Waals surface area contributed by atoms with Gasteiger partial charge in [-0.3, -0.25) is 9.59 Å². The van der Waals surface area contributed by atoms with Gasteiger partial charge in [-0.15, -0.1) is 0 Å². The third-order valence-electron chi connectivity index (χ3n) is 4.57. The predicted molar refractivity (Wildman–Crippen MR) is 96.5 cm³/mol. The Balaban J connectivity index is 2.07. The summed E-state index contributed by atoms with van der Waals surface area (Å²) in [6.07, 6.45) is 1.41. The first-order valence-corrected chi connectivity index (χ1v) is 7.88. The van der Waals surface area contributed by atoms with Gasteiger partial charge in [0.15, 0.2) is 5.78 Å². The number of amides is 1. The maximum Gasteiger partial charge on any atom is 0.260 e. The van der Waals surface area contributed by atoms with Gasteiger partial charge in [0.05, 0.1) is 0 Å². The maximum absolute atomic E-state index is 12.3. The van der Waals surface area contributed by atoms with Crippen molar-refractivity contribution in [3.8, 4) is 6.07 Å². The summed E-state index contributed by atoms with van der Waals surface area (Å²) in [5, 5.41) is 20.3. The second-order valence-electron chi connectivity index (χ2n) is 5.96. The Morgan fingerprint density at radius 3 is 2.15 bits per heavy atom. The number of benzene rings is 2. The first kappa shape index (κ1) is 15.6. The lowest BCUT2D eigenvalue weighted by Gasteiger charge is -2.11. The summed E-state index contributed by atoms with van der Waals surface area (Å²) >= 11 is 0. The largest absolute Gasteiger partial charge is 0.507 e. The molecule has 0 aliphatic heterocycles. The SMILES string of the molecule is N#C/C(C(N)=O)=C1/C(C2=CC(=O)c3ccccc32)=C(O)c2ccccc21. The lowest BCUT2D eigenvalue weighted by atomic mass is 9.90. The molecule has 5 nitrogen and oxygen atoms in total. The minimum Gasteiger partial charge on any atom is -0.507 e. The highest BCUT2D eigenvalue weighted by atomic mass is 16.3.